The lowest BCUT2D eigenvalue weighted by atomic mass is 10.0. The van der Waals surface area contributed by atoms with Crippen molar-refractivity contribution >= 4 is 0 Å². The summed E-state index contributed by atoms with van der Waals surface area (Å²) in [6.07, 6.45) is 2.03. The number of nitrogens with one attached hydrogen (secondary N) is 1. The summed E-state index contributed by atoms with van der Waals surface area (Å²) in [5.74, 6) is 0. The molecule has 0 aromatic rings. The van der Waals surface area contributed by atoms with Gasteiger partial charge in [-0.25, -0.2) is 8.78 Å². The zero-order chi connectivity index (χ0) is 8.10. The fourth-order valence-corrected chi connectivity index (χ4v) is 1.50. The summed E-state index contributed by atoms with van der Waals surface area (Å²) >= 11 is 0. The summed E-state index contributed by atoms with van der Waals surface area (Å²) in [5.41, 5.74) is 0. The molecule has 0 amide bonds. The lowest BCUT2D eigenvalue weighted by Crippen LogP contribution is -2.34. The smallest absolute Gasteiger partial charge is 0.238 e. The highest BCUT2D eigenvalue weighted by Gasteiger charge is 2.13. The van der Waals surface area contributed by atoms with Gasteiger partial charge in [0.2, 0.25) is 6.43 Å². The van der Waals surface area contributed by atoms with E-state index < -0.39 is 6.43 Å². The fourth-order valence-electron chi connectivity index (χ4n) is 1.50. The Morgan fingerprint density at radius 1 is 1.36 bits per heavy atom. The van der Waals surface area contributed by atoms with Gasteiger partial charge in [0.05, 0.1) is 0 Å². The van der Waals surface area contributed by atoms with Crippen LogP contribution in [0.2, 0.25) is 0 Å². The molecule has 1 nitrogen and oxygen atoms in total. The third-order valence-electron chi connectivity index (χ3n) is 2.15. The average molecular weight is 163 g/mol. The van der Waals surface area contributed by atoms with E-state index in [0.717, 1.165) is 13.0 Å². The Labute approximate surface area is 66.2 Å². The maximum Gasteiger partial charge on any atom is 0.238 e. The van der Waals surface area contributed by atoms with Gasteiger partial charge in [-0.2, -0.15) is 0 Å². The molecule has 1 aliphatic rings. The number of alkyl halides is 2. The van der Waals surface area contributed by atoms with Crippen LogP contribution < -0.4 is 5.32 Å². The Kier molecular flexibility index (Phi) is 3.77. The molecule has 1 heterocycles. The van der Waals surface area contributed by atoms with Crippen LogP contribution in [-0.4, -0.2) is 19.0 Å². The van der Waals surface area contributed by atoms with E-state index in [1.807, 2.05) is 0 Å². The van der Waals surface area contributed by atoms with Crippen molar-refractivity contribution in [2.24, 2.45) is 0 Å². The molecule has 1 atom stereocenters. The molecule has 11 heavy (non-hydrogen) atoms. The van der Waals surface area contributed by atoms with Gasteiger partial charge in [0, 0.05) is 12.5 Å². The van der Waals surface area contributed by atoms with Crippen LogP contribution in [0, 0.1) is 0 Å². The summed E-state index contributed by atoms with van der Waals surface area (Å²) < 4.78 is 23.5. The third kappa shape index (κ3) is 3.65. The largest absolute Gasteiger partial charge is 0.314 e. The SMILES string of the molecule is FC(F)CCC1CCCCN1. The van der Waals surface area contributed by atoms with Gasteiger partial charge in [0.25, 0.3) is 0 Å². The van der Waals surface area contributed by atoms with Crippen LogP contribution in [-0.2, 0) is 0 Å². The lowest BCUT2D eigenvalue weighted by Gasteiger charge is -2.22. The molecule has 1 rings (SSSR count). The van der Waals surface area contributed by atoms with Crippen LogP contribution in [0.4, 0.5) is 8.78 Å². The summed E-state index contributed by atoms with van der Waals surface area (Å²) in [6.45, 7) is 1.01. The molecule has 0 saturated carbocycles. The van der Waals surface area contributed by atoms with E-state index >= 15 is 0 Å². The van der Waals surface area contributed by atoms with E-state index in [4.69, 9.17) is 0 Å². The predicted octanol–water partition coefficient (Wildman–Crippen LogP) is 2.17. The van der Waals surface area contributed by atoms with E-state index in [1.54, 1.807) is 0 Å². The van der Waals surface area contributed by atoms with Gasteiger partial charge in [-0.3, -0.25) is 0 Å². The molecule has 0 bridgehead atoms. The van der Waals surface area contributed by atoms with E-state index in [-0.39, 0.29) is 6.42 Å². The molecule has 1 saturated heterocycles. The molecule has 1 N–H and O–H groups in total. The molecule has 66 valence electrons. The standard InChI is InChI=1S/C8H15F2N/c9-8(10)5-4-7-3-1-2-6-11-7/h7-8,11H,1-6H2. The first-order valence-electron chi connectivity index (χ1n) is 4.30. The van der Waals surface area contributed by atoms with Gasteiger partial charge in [-0.1, -0.05) is 6.42 Å². The monoisotopic (exact) mass is 163 g/mol. The number of rotatable bonds is 3. The van der Waals surface area contributed by atoms with Crippen molar-refractivity contribution in [2.75, 3.05) is 6.54 Å². The van der Waals surface area contributed by atoms with Crippen LogP contribution in [0.5, 0.6) is 0 Å². The zero-order valence-electron chi connectivity index (χ0n) is 6.65. The van der Waals surface area contributed by atoms with Crippen LogP contribution in [0.3, 0.4) is 0 Å². The highest BCUT2D eigenvalue weighted by Crippen LogP contribution is 2.14. The second-order valence-corrected chi connectivity index (χ2v) is 3.12. The summed E-state index contributed by atoms with van der Waals surface area (Å²) in [5, 5.41) is 3.24. The first kappa shape index (κ1) is 8.91. The van der Waals surface area contributed by atoms with Crippen LogP contribution >= 0.6 is 0 Å². The third-order valence-corrected chi connectivity index (χ3v) is 2.15. The molecule has 0 radical (unpaired) electrons. The predicted molar refractivity (Wildman–Crippen MR) is 40.9 cm³/mol. The van der Waals surface area contributed by atoms with Crippen molar-refractivity contribution < 1.29 is 8.78 Å². The van der Waals surface area contributed by atoms with Crippen molar-refractivity contribution in [3.8, 4) is 0 Å². The Morgan fingerprint density at radius 3 is 2.73 bits per heavy atom. The van der Waals surface area contributed by atoms with Gasteiger partial charge in [0.15, 0.2) is 0 Å². The normalized spacial score (nSPS) is 25.9. The van der Waals surface area contributed by atoms with Gasteiger partial charge < -0.3 is 5.32 Å². The van der Waals surface area contributed by atoms with Crippen LogP contribution in [0.25, 0.3) is 0 Å². The second kappa shape index (κ2) is 4.65. The minimum Gasteiger partial charge on any atom is -0.314 e. The summed E-state index contributed by atoms with van der Waals surface area (Å²) in [7, 11) is 0. The second-order valence-electron chi connectivity index (χ2n) is 3.12. The highest BCUT2D eigenvalue weighted by atomic mass is 19.3. The Bertz CT molecular complexity index is 100. The van der Waals surface area contributed by atoms with E-state index in [9.17, 15) is 8.78 Å². The summed E-state index contributed by atoms with van der Waals surface area (Å²) in [4.78, 5) is 0. The number of hydrogen-bond donors (Lipinski definition) is 1. The molecular formula is C8H15F2N. The topological polar surface area (TPSA) is 12.0 Å². The van der Waals surface area contributed by atoms with Gasteiger partial charge in [-0.05, 0) is 25.8 Å². The molecule has 0 aliphatic carbocycles. The first-order chi connectivity index (χ1) is 5.29. The van der Waals surface area contributed by atoms with Crippen molar-refractivity contribution in [1.29, 1.82) is 0 Å². The zero-order valence-corrected chi connectivity index (χ0v) is 6.65. The Hall–Kier alpha value is -0.180. The Balaban J connectivity index is 2.05. The van der Waals surface area contributed by atoms with E-state index in [0.29, 0.717) is 12.5 Å². The lowest BCUT2D eigenvalue weighted by molar-refractivity contribution is 0.128. The number of piperidine rings is 1. The molecule has 0 aromatic carbocycles. The maximum absolute atomic E-state index is 11.8. The minimum absolute atomic E-state index is 0.0532. The van der Waals surface area contributed by atoms with E-state index in [1.165, 1.54) is 12.8 Å². The number of halogens is 2. The molecule has 1 unspecified atom stereocenters. The summed E-state index contributed by atoms with van der Waals surface area (Å²) in [6, 6.07) is 0.359. The van der Waals surface area contributed by atoms with Crippen LogP contribution in [0.1, 0.15) is 32.1 Å². The molecule has 1 fully saturated rings. The van der Waals surface area contributed by atoms with Crippen LogP contribution in [0.15, 0.2) is 0 Å². The maximum atomic E-state index is 11.8. The van der Waals surface area contributed by atoms with Crippen molar-refractivity contribution in [1.82, 2.24) is 5.32 Å². The van der Waals surface area contributed by atoms with Crippen molar-refractivity contribution in [3.05, 3.63) is 0 Å². The molecular weight excluding hydrogens is 148 g/mol. The van der Waals surface area contributed by atoms with Gasteiger partial charge in [-0.15, -0.1) is 0 Å². The fraction of sp³-hybridized carbons (Fsp3) is 1.00. The number of hydrogen-bond acceptors (Lipinski definition) is 1. The molecule has 1 aliphatic heterocycles. The Morgan fingerprint density at radius 2 is 2.18 bits per heavy atom. The quantitative estimate of drug-likeness (QED) is 0.672. The minimum atomic E-state index is -2.13. The first-order valence-corrected chi connectivity index (χ1v) is 4.30. The molecule has 0 spiro atoms. The van der Waals surface area contributed by atoms with Gasteiger partial charge >= 0.3 is 0 Å². The van der Waals surface area contributed by atoms with Gasteiger partial charge in [0.1, 0.15) is 0 Å². The molecule has 0 aromatic heterocycles. The average Bonchev–Trinajstić information content (AvgIpc) is 2.03. The van der Waals surface area contributed by atoms with Crippen molar-refractivity contribution in [3.63, 3.8) is 0 Å². The highest BCUT2D eigenvalue weighted by molar-refractivity contribution is 4.71. The van der Waals surface area contributed by atoms with E-state index in [2.05, 4.69) is 5.32 Å². The molecule has 3 heteroatoms. The van der Waals surface area contributed by atoms with Crippen molar-refractivity contribution in [2.45, 2.75) is 44.6 Å².